The van der Waals surface area contributed by atoms with Gasteiger partial charge in [0.2, 0.25) is 0 Å². The highest BCUT2D eigenvalue weighted by Gasteiger charge is 2.54. The molecule has 1 aliphatic carbocycles. The van der Waals surface area contributed by atoms with Crippen molar-refractivity contribution in [2.24, 2.45) is 0 Å². The van der Waals surface area contributed by atoms with E-state index < -0.39 is 17.5 Å². The third kappa shape index (κ3) is 1.68. The van der Waals surface area contributed by atoms with E-state index in [1.165, 1.54) is 11.3 Å². The number of aliphatic hydroxyl groups is 1. The minimum absolute atomic E-state index is 0.586. The lowest BCUT2D eigenvalue weighted by molar-refractivity contribution is -0.148. The third-order valence-electron chi connectivity index (χ3n) is 2.91. The zero-order chi connectivity index (χ0) is 11.9. The van der Waals surface area contributed by atoms with Crippen LogP contribution < -0.4 is 4.90 Å². The van der Waals surface area contributed by atoms with E-state index in [-0.39, 0.29) is 0 Å². The van der Waals surface area contributed by atoms with Crippen molar-refractivity contribution < 1.29 is 15.0 Å². The molecule has 0 aliphatic heterocycles. The van der Waals surface area contributed by atoms with Crippen LogP contribution in [0.25, 0.3) is 0 Å². The molecule has 0 bridgehead atoms. The second-order valence-electron chi connectivity index (χ2n) is 4.30. The van der Waals surface area contributed by atoms with Gasteiger partial charge in [-0.2, -0.15) is 0 Å². The summed E-state index contributed by atoms with van der Waals surface area (Å²) < 4.78 is 0. The van der Waals surface area contributed by atoms with Crippen LogP contribution in [0.3, 0.4) is 0 Å². The summed E-state index contributed by atoms with van der Waals surface area (Å²) in [4.78, 5) is 17.8. The maximum absolute atomic E-state index is 10.8. The quantitative estimate of drug-likeness (QED) is 0.812. The summed E-state index contributed by atoms with van der Waals surface area (Å²) in [7, 11) is 3.77. The van der Waals surface area contributed by atoms with Gasteiger partial charge in [0.1, 0.15) is 0 Å². The van der Waals surface area contributed by atoms with E-state index in [4.69, 9.17) is 5.11 Å². The number of carboxylic acids is 1. The Bertz CT molecular complexity index is 412. The maximum atomic E-state index is 10.8. The first kappa shape index (κ1) is 11.3. The van der Waals surface area contributed by atoms with E-state index >= 15 is 0 Å². The SMILES string of the molecule is CN(C)c1ncc(C2(C(O)C(=O)O)CC2)s1. The molecular formula is C10H14N2O3S. The number of rotatable bonds is 4. The fourth-order valence-electron chi connectivity index (χ4n) is 1.73. The fraction of sp³-hybridized carbons (Fsp3) is 0.600. The number of nitrogens with zero attached hydrogens (tertiary/aromatic N) is 2. The number of aromatic nitrogens is 1. The Balaban J connectivity index is 2.26. The molecule has 1 atom stereocenters. The molecule has 1 heterocycles. The lowest BCUT2D eigenvalue weighted by atomic mass is 9.98. The molecule has 16 heavy (non-hydrogen) atoms. The van der Waals surface area contributed by atoms with Gasteiger partial charge in [0.25, 0.3) is 0 Å². The van der Waals surface area contributed by atoms with Crippen LogP contribution in [0.4, 0.5) is 5.13 Å². The Morgan fingerprint density at radius 3 is 2.62 bits per heavy atom. The predicted octanol–water partition coefficient (Wildman–Crippen LogP) is 0.686. The predicted molar refractivity (Wildman–Crippen MR) is 61.0 cm³/mol. The van der Waals surface area contributed by atoms with Crippen LogP contribution in [0.1, 0.15) is 17.7 Å². The average molecular weight is 242 g/mol. The average Bonchev–Trinajstić information content (AvgIpc) is 2.87. The highest BCUT2D eigenvalue weighted by molar-refractivity contribution is 7.15. The molecule has 1 aliphatic rings. The Labute approximate surface area is 97.4 Å². The molecule has 0 spiro atoms. The molecule has 1 saturated carbocycles. The number of carbonyl (C=O) groups is 1. The largest absolute Gasteiger partial charge is 0.479 e. The summed E-state index contributed by atoms with van der Waals surface area (Å²) in [5.41, 5.74) is -0.586. The van der Waals surface area contributed by atoms with Gasteiger partial charge in [0, 0.05) is 30.6 Å². The highest BCUT2D eigenvalue weighted by Crippen LogP contribution is 2.53. The number of hydrogen-bond acceptors (Lipinski definition) is 5. The minimum atomic E-state index is -1.32. The molecule has 0 saturated heterocycles. The number of carboxylic acid groups (broad SMARTS) is 1. The van der Waals surface area contributed by atoms with Gasteiger partial charge in [-0.15, -0.1) is 11.3 Å². The Morgan fingerprint density at radius 2 is 2.25 bits per heavy atom. The van der Waals surface area contributed by atoms with Gasteiger partial charge in [-0.05, 0) is 12.8 Å². The normalized spacial score (nSPS) is 19.2. The van der Waals surface area contributed by atoms with Crippen LogP contribution in [0.5, 0.6) is 0 Å². The van der Waals surface area contributed by atoms with Crippen molar-refractivity contribution in [1.29, 1.82) is 0 Å². The summed E-state index contributed by atoms with van der Waals surface area (Å²) in [6.45, 7) is 0. The molecule has 2 rings (SSSR count). The Kier molecular flexibility index (Phi) is 2.63. The molecule has 6 heteroatoms. The zero-order valence-corrected chi connectivity index (χ0v) is 9.99. The number of hydrogen-bond donors (Lipinski definition) is 2. The van der Waals surface area contributed by atoms with Crippen molar-refractivity contribution in [1.82, 2.24) is 4.98 Å². The summed E-state index contributed by atoms with van der Waals surface area (Å²) in [6.07, 6.45) is 1.80. The van der Waals surface area contributed by atoms with E-state index in [2.05, 4.69) is 4.98 Å². The van der Waals surface area contributed by atoms with Crippen molar-refractivity contribution in [2.75, 3.05) is 19.0 Å². The molecule has 0 radical (unpaired) electrons. The topological polar surface area (TPSA) is 73.7 Å². The molecule has 1 fully saturated rings. The van der Waals surface area contributed by atoms with Crippen LogP contribution >= 0.6 is 11.3 Å². The van der Waals surface area contributed by atoms with E-state index in [1.54, 1.807) is 6.20 Å². The molecule has 1 aromatic heterocycles. The lowest BCUT2D eigenvalue weighted by Gasteiger charge is -2.16. The van der Waals surface area contributed by atoms with Crippen LogP contribution in [-0.4, -0.2) is 41.4 Å². The van der Waals surface area contributed by atoms with Crippen LogP contribution in [0, 0.1) is 0 Å². The van der Waals surface area contributed by atoms with Gasteiger partial charge in [0.05, 0.1) is 0 Å². The summed E-state index contributed by atoms with van der Waals surface area (Å²) in [5, 5.41) is 19.4. The second-order valence-corrected chi connectivity index (χ2v) is 5.31. The van der Waals surface area contributed by atoms with Crippen LogP contribution in [0.2, 0.25) is 0 Å². The highest BCUT2D eigenvalue weighted by atomic mass is 32.1. The standard InChI is InChI=1S/C10H14N2O3S/c1-12(2)9-11-5-6(16-9)10(3-4-10)7(13)8(14)15/h5,7,13H,3-4H2,1-2H3,(H,14,15). The summed E-state index contributed by atoms with van der Waals surface area (Å²) in [5.74, 6) is -1.16. The Hall–Kier alpha value is -1.14. The van der Waals surface area contributed by atoms with Gasteiger partial charge in [-0.1, -0.05) is 0 Å². The lowest BCUT2D eigenvalue weighted by Crippen LogP contribution is -2.33. The third-order valence-corrected chi connectivity index (χ3v) is 4.30. The van der Waals surface area contributed by atoms with E-state index in [0.717, 1.165) is 22.9 Å². The van der Waals surface area contributed by atoms with Gasteiger partial charge < -0.3 is 15.1 Å². The molecule has 88 valence electrons. The summed E-state index contributed by atoms with van der Waals surface area (Å²) in [6, 6.07) is 0. The molecule has 0 amide bonds. The molecule has 1 aromatic rings. The first-order valence-corrected chi connectivity index (χ1v) is 5.83. The first-order chi connectivity index (χ1) is 7.47. The number of aliphatic carboxylic acids is 1. The van der Waals surface area contributed by atoms with E-state index in [0.29, 0.717) is 0 Å². The monoisotopic (exact) mass is 242 g/mol. The number of anilines is 1. The van der Waals surface area contributed by atoms with Crippen molar-refractivity contribution in [2.45, 2.75) is 24.4 Å². The van der Waals surface area contributed by atoms with Crippen LogP contribution in [-0.2, 0) is 10.2 Å². The second kappa shape index (κ2) is 3.71. The molecular weight excluding hydrogens is 228 g/mol. The van der Waals surface area contributed by atoms with Crippen molar-refractivity contribution in [3.8, 4) is 0 Å². The maximum Gasteiger partial charge on any atom is 0.333 e. The smallest absolute Gasteiger partial charge is 0.333 e. The molecule has 1 unspecified atom stereocenters. The van der Waals surface area contributed by atoms with Gasteiger partial charge in [-0.3, -0.25) is 0 Å². The van der Waals surface area contributed by atoms with Crippen molar-refractivity contribution in [3.63, 3.8) is 0 Å². The van der Waals surface area contributed by atoms with Gasteiger partial charge >= 0.3 is 5.97 Å². The zero-order valence-electron chi connectivity index (χ0n) is 9.17. The summed E-state index contributed by atoms with van der Waals surface area (Å²) >= 11 is 1.45. The van der Waals surface area contributed by atoms with E-state index in [9.17, 15) is 9.90 Å². The van der Waals surface area contributed by atoms with Gasteiger partial charge in [-0.25, -0.2) is 9.78 Å². The van der Waals surface area contributed by atoms with Gasteiger partial charge in [0.15, 0.2) is 11.2 Å². The fourth-order valence-corrected chi connectivity index (χ4v) is 2.84. The van der Waals surface area contributed by atoms with Crippen molar-refractivity contribution >= 4 is 22.4 Å². The minimum Gasteiger partial charge on any atom is -0.479 e. The van der Waals surface area contributed by atoms with Crippen molar-refractivity contribution in [3.05, 3.63) is 11.1 Å². The number of thiazole rings is 1. The Morgan fingerprint density at radius 1 is 1.62 bits per heavy atom. The molecule has 0 aromatic carbocycles. The molecule has 5 nitrogen and oxygen atoms in total. The van der Waals surface area contributed by atoms with E-state index in [1.807, 2.05) is 19.0 Å². The number of aliphatic hydroxyl groups excluding tert-OH is 1. The molecule has 2 N–H and O–H groups in total. The first-order valence-electron chi connectivity index (χ1n) is 5.02. The van der Waals surface area contributed by atoms with Crippen LogP contribution in [0.15, 0.2) is 6.20 Å².